The van der Waals surface area contributed by atoms with Crippen LogP contribution in [0.1, 0.15) is 26.6 Å². The first-order valence-electron chi connectivity index (χ1n) is 5.47. The Hall–Kier alpha value is -0.820. The molecule has 92 valence electrons. The zero-order valence-corrected chi connectivity index (χ0v) is 10.8. The van der Waals surface area contributed by atoms with Crippen LogP contribution in [0.4, 0.5) is 0 Å². The summed E-state index contributed by atoms with van der Waals surface area (Å²) in [5.74, 6) is 2.08. The molecule has 0 saturated carbocycles. The van der Waals surface area contributed by atoms with E-state index in [0.29, 0.717) is 30.6 Å². The van der Waals surface area contributed by atoms with Crippen molar-refractivity contribution in [3.05, 3.63) is 5.82 Å². The van der Waals surface area contributed by atoms with Crippen LogP contribution >= 0.6 is 0 Å². The highest BCUT2D eigenvalue weighted by atomic mass is 32.2. The fourth-order valence-corrected chi connectivity index (χ4v) is 1.82. The van der Waals surface area contributed by atoms with Gasteiger partial charge in [-0.3, -0.25) is 4.21 Å². The lowest BCUT2D eigenvalue weighted by Crippen LogP contribution is -2.25. The van der Waals surface area contributed by atoms with Gasteiger partial charge in [-0.15, -0.1) is 5.10 Å². The predicted molar refractivity (Wildman–Crippen MR) is 63.3 cm³/mol. The largest absolute Gasteiger partial charge is 0.308 e. The van der Waals surface area contributed by atoms with E-state index in [4.69, 9.17) is 0 Å². The molecule has 0 aromatic carbocycles. The number of aryl methyl sites for hydroxylation is 1. The van der Waals surface area contributed by atoms with Crippen molar-refractivity contribution in [2.24, 2.45) is 0 Å². The van der Waals surface area contributed by atoms with Crippen LogP contribution in [0.15, 0.2) is 0 Å². The summed E-state index contributed by atoms with van der Waals surface area (Å²) < 4.78 is 13.0. The summed E-state index contributed by atoms with van der Waals surface area (Å²) in [5.41, 5.74) is 0. The summed E-state index contributed by atoms with van der Waals surface area (Å²) in [6.45, 7) is 7.31. The number of rotatable bonds is 7. The summed E-state index contributed by atoms with van der Waals surface area (Å²) in [6.07, 6.45) is 0. The number of hydrogen-bond donors (Lipinski definition) is 1. The normalized spacial score (nSPS) is 13.2. The number of tetrazole rings is 1. The maximum absolute atomic E-state index is 11.3. The molecule has 0 aliphatic heterocycles. The molecule has 0 aliphatic carbocycles. The zero-order valence-electron chi connectivity index (χ0n) is 10.0. The van der Waals surface area contributed by atoms with Gasteiger partial charge in [0, 0.05) is 28.3 Å². The monoisotopic (exact) mass is 245 g/mol. The minimum atomic E-state index is -0.769. The molecule has 1 N–H and O–H groups in total. The highest BCUT2D eigenvalue weighted by Gasteiger charge is 2.07. The fraction of sp³-hybridized carbons (Fsp3) is 0.889. The summed E-state index contributed by atoms with van der Waals surface area (Å²) in [4.78, 5) is 0. The molecule has 0 amide bonds. The lowest BCUT2D eigenvalue weighted by molar-refractivity contribution is 0.530. The highest BCUT2D eigenvalue weighted by molar-refractivity contribution is 7.84. The average Bonchev–Trinajstić information content (AvgIpc) is 2.70. The van der Waals surface area contributed by atoms with E-state index >= 15 is 0 Å². The van der Waals surface area contributed by atoms with Crippen molar-refractivity contribution >= 4 is 10.8 Å². The van der Waals surface area contributed by atoms with Crippen molar-refractivity contribution in [3.8, 4) is 0 Å². The van der Waals surface area contributed by atoms with Gasteiger partial charge in [0.1, 0.15) is 0 Å². The molecule has 1 rings (SSSR count). The molecule has 1 aromatic rings. The van der Waals surface area contributed by atoms with Gasteiger partial charge in [0.2, 0.25) is 0 Å². The van der Waals surface area contributed by atoms with Crippen LogP contribution < -0.4 is 5.32 Å². The van der Waals surface area contributed by atoms with Crippen molar-refractivity contribution in [1.29, 1.82) is 0 Å². The maximum atomic E-state index is 11.3. The van der Waals surface area contributed by atoms with Gasteiger partial charge in [0.15, 0.2) is 5.82 Å². The van der Waals surface area contributed by atoms with Gasteiger partial charge in [0.05, 0.1) is 13.1 Å². The predicted octanol–water partition coefficient (Wildman–Crippen LogP) is -0.0603. The van der Waals surface area contributed by atoms with Gasteiger partial charge in [-0.05, 0) is 10.4 Å². The molecule has 7 heteroatoms. The number of nitrogens with zero attached hydrogens (tertiary/aromatic N) is 4. The number of nitrogens with one attached hydrogen (secondary N) is 1. The topological polar surface area (TPSA) is 72.7 Å². The molecule has 0 radical (unpaired) electrons. The van der Waals surface area contributed by atoms with Crippen LogP contribution in [0.25, 0.3) is 0 Å². The summed E-state index contributed by atoms with van der Waals surface area (Å²) in [6, 6.07) is 0.398. The Kier molecular flexibility index (Phi) is 5.54. The third-order valence-electron chi connectivity index (χ3n) is 2.13. The van der Waals surface area contributed by atoms with E-state index in [-0.39, 0.29) is 0 Å². The fourth-order valence-electron chi connectivity index (χ4n) is 1.15. The highest BCUT2D eigenvalue weighted by Crippen LogP contribution is 1.94. The second-order valence-electron chi connectivity index (χ2n) is 3.79. The van der Waals surface area contributed by atoms with E-state index in [2.05, 4.69) is 34.7 Å². The SMILES string of the molecule is CCS(=O)CCn1nnnc1CNC(C)C. The number of hydrogen-bond acceptors (Lipinski definition) is 5. The molecule has 6 nitrogen and oxygen atoms in total. The summed E-state index contributed by atoms with van der Waals surface area (Å²) >= 11 is 0. The van der Waals surface area contributed by atoms with E-state index < -0.39 is 10.8 Å². The van der Waals surface area contributed by atoms with Gasteiger partial charge in [0.25, 0.3) is 0 Å². The molecular formula is C9H19N5OS. The minimum absolute atomic E-state index is 0.398. The second-order valence-corrected chi connectivity index (χ2v) is 5.65. The Morgan fingerprint density at radius 2 is 2.25 bits per heavy atom. The Bertz CT molecular complexity index is 338. The first kappa shape index (κ1) is 13.2. The minimum Gasteiger partial charge on any atom is -0.308 e. The molecule has 0 aliphatic rings. The third-order valence-corrected chi connectivity index (χ3v) is 3.41. The first-order valence-corrected chi connectivity index (χ1v) is 6.95. The van der Waals surface area contributed by atoms with Crippen molar-refractivity contribution in [3.63, 3.8) is 0 Å². The lowest BCUT2D eigenvalue weighted by atomic mass is 10.4. The third kappa shape index (κ3) is 4.36. The second kappa shape index (κ2) is 6.70. The summed E-state index contributed by atoms with van der Waals surface area (Å²) in [7, 11) is -0.769. The first-order chi connectivity index (χ1) is 7.63. The van der Waals surface area contributed by atoms with Crippen LogP contribution in [-0.2, 0) is 23.9 Å². The van der Waals surface area contributed by atoms with Gasteiger partial charge >= 0.3 is 0 Å². The van der Waals surface area contributed by atoms with Crippen LogP contribution in [0.3, 0.4) is 0 Å². The molecule has 1 unspecified atom stereocenters. The maximum Gasteiger partial charge on any atom is 0.165 e. The molecule has 0 spiro atoms. The zero-order chi connectivity index (χ0) is 12.0. The quantitative estimate of drug-likeness (QED) is 0.728. The Labute approximate surface area is 98.3 Å². The van der Waals surface area contributed by atoms with Crippen LogP contribution in [0.5, 0.6) is 0 Å². The van der Waals surface area contributed by atoms with Crippen molar-refractivity contribution in [2.75, 3.05) is 11.5 Å². The van der Waals surface area contributed by atoms with E-state index in [1.165, 1.54) is 0 Å². The van der Waals surface area contributed by atoms with Crippen molar-refractivity contribution in [2.45, 2.75) is 39.9 Å². The van der Waals surface area contributed by atoms with Crippen molar-refractivity contribution < 1.29 is 4.21 Å². The summed E-state index contributed by atoms with van der Waals surface area (Å²) in [5, 5.41) is 14.7. The molecule has 0 bridgehead atoms. The van der Waals surface area contributed by atoms with E-state index in [0.717, 1.165) is 5.82 Å². The smallest absolute Gasteiger partial charge is 0.165 e. The molecular weight excluding hydrogens is 226 g/mol. The standard InChI is InChI=1S/C9H19N5OS/c1-4-16(15)6-5-14-9(11-12-13-14)7-10-8(2)3/h8,10H,4-7H2,1-3H3. The van der Waals surface area contributed by atoms with Gasteiger partial charge < -0.3 is 5.32 Å². The molecule has 16 heavy (non-hydrogen) atoms. The Balaban J connectivity index is 2.47. The average molecular weight is 245 g/mol. The van der Waals surface area contributed by atoms with E-state index in [9.17, 15) is 4.21 Å². The van der Waals surface area contributed by atoms with Gasteiger partial charge in [-0.2, -0.15) is 0 Å². The van der Waals surface area contributed by atoms with Crippen LogP contribution in [-0.4, -0.2) is 42.0 Å². The Morgan fingerprint density at radius 3 is 2.88 bits per heavy atom. The van der Waals surface area contributed by atoms with Crippen LogP contribution in [0.2, 0.25) is 0 Å². The molecule has 0 fully saturated rings. The van der Waals surface area contributed by atoms with E-state index in [1.807, 2.05) is 6.92 Å². The molecule has 1 aromatic heterocycles. The van der Waals surface area contributed by atoms with Gasteiger partial charge in [-0.1, -0.05) is 20.8 Å². The van der Waals surface area contributed by atoms with Gasteiger partial charge in [-0.25, -0.2) is 4.68 Å². The molecule has 0 saturated heterocycles. The van der Waals surface area contributed by atoms with Crippen LogP contribution in [0, 0.1) is 0 Å². The molecule has 1 atom stereocenters. The lowest BCUT2D eigenvalue weighted by Gasteiger charge is -2.07. The van der Waals surface area contributed by atoms with Crippen molar-refractivity contribution in [1.82, 2.24) is 25.5 Å². The number of aromatic nitrogens is 4. The van der Waals surface area contributed by atoms with E-state index in [1.54, 1.807) is 4.68 Å². The Morgan fingerprint density at radius 1 is 1.50 bits per heavy atom. The molecule has 1 heterocycles.